The Morgan fingerprint density at radius 3 is 1.80 bits per heavy atom. The molecule has 4 aromatic rings. The van der Waals surface area contributed by atoms with E-state index < -0.39 is 0 Å². The fourth-order valence-electron chi connectivity index (χ4n) is 2.64. The minimum absolute atomic E-state index is 0.716. The summed E-state index contributed by atoms with van der Waals surface area (Å²) >= 11 is 0. The molecule has 2 aromatic heterocycles. The van der Waals surface area contributed by atoms with Crippen LogP contribution in [0.5, 0.6) is 0 Å². The van der Waals surface area contributed by atoms with Gasteiger partial charge in [0.05, 0.1) is 11.0 Å². The smallest absolute Gasteiger partial charge is 0.234 e. The van der Waals surface area contributed by atoms with Crippen LogP contribution < -0.4 is 0 Å². The van der Waals surface area contributed by atoms with E-state index >= 15 is 0 Å². The molecule has 0 amide bonds. The molecule has 0 unspecified atom stereocenters. The van der Waals surface area contributed by atoms with Crippen molar-refractivity contribution in [2.75, 3.05) is 0 Å². The van der Waals surface area contributed by atoms with E-state index in [0.29, 0.717) is 5.95 Å². The molecule has 0 N–H and O–H groups in total. The predicted molar refractivity (Wildman–Crippen MR) is 81.1 cm³/mol. The van der Waals surface area contributed by atoms with Gasteiger partial charge in [0.15, 0.2) is 0 Å². The minimum atomic E-state index is 0.716. The zero-order chi connectivity index (χ0) is 13.5. The number of hydrogen-bond acceptors (Lipinski definition) is 2. The van der Waals surface area contributed by atoms with Crippen molar-refractivity contribution in [2.45, 2.75) is 6.92 Å². The van der Waals surface area contributed by atoms with E-state index in [9.17, 15) is 0 Å². The maximum Gasteiger partial charge on any atom is 0.234 e. The first-order chi connectivity index (χ1) is 9.84. The van der Waals surface area contributed by atoms with Gasteiger partial charge in [-0.2, -0.15) is 0 Å². The van der Waals surface area contributed by atoms with Crippen LogP contribution in [0.25, 0.3) is 27.8 Å². The lowest BCUT2D eigenvalue weighted by molar-refractivity contribution is 0.976. The van der Waals surface area contributed by atoms with Gasteiger partial charge < -0.3 is 0 Å². The van der Waals surface area contributed by atoms with E-state index in [4.69, 9.17) is 0 Å². The highest BCUT2D eigenvalue weighted by Crippen LogP contribution is 2.30. The Balaban J connectivity index is 2.17. The maximum atomic E-state index is 4.47. The molecule has 96 valence electrons. The normalized spacial score (nSPS) is 11.2. The molecule has 0 aliphatic carbocycles. The fraction of sp³-hybridized carbons (Fsp3) is 0.0588. The Labute approximate surface area is 116 Å². The number of rotatable bonds is 1. The van der Waals surface area contributed by atoms with E-state index in [1.54, 1.807) is 0 Å². The van der Waals surface area contributed by atoms with Crippen molar-refractivity contribution in [1.29, 1.82) is 0 Å². The van der Waals surface area contributed by atoms with Crippen LogP contribution in [-0.4, -0.2) is 14.5 Å². The zero-order valence-corrected chi connectivity index (χ0v) is 11.1. The maximum absolute atomic E-state index is 4.47. The number of fused-ring (bicyclic) bond motifs is 3. The number of benzene rings is 2. The quantitative estimate of drug-likeness (QED) is 0.519. The molecule has 0 spiro atoms. The van der Waals surface area contributed by atoms with E-state index in [1.165, 1.54) is 10.8 Å². The van der Waals surface area contributed by atoms with Gasteiger partial charge in [0.25, 0.3) is 0 Å². The van der Waals surface area contributed by atoms with Crippen molar-refractivity contribution in [3.63, 3.8) is 0 Å². The van der Waals surface area contributed by atoms with Gasteiger partial charge in [-0.3, -0.25) is 4.57 Å². The minimum Gasteiger partial charge on any atom is -0.278 e. The third kappa shape index (κ3) is 1.53. The lowest BCUT2D eigenvalue weighted by Gasteiger charge is -2.05. The highest BCUT2D eigenvalue weighted by Gasteiger charge is 2.12. The van der Waals surface area contributed by atoms with Crippen LogP contribution in [0.4, 0.5) is 0 Å². The van der Waals surface area contributed by atoms with Gasteiger partial charge in [-0.1, -0.05) is 36.4 Å². The molecule has 2 heterocycles. The number of aryl methyl sites for hydroxylation is 1. The first-order valence-corrected chi connectivity index (χ1v) is 6.62. The van der Waals surface area contributed by atoms with Gasteiger partial charge in [-0.25, -0.2) is 9.97 Å². The van der Waals surface area contributed by atoms with Crippen LogP contribution in [0.3, 0.4) is 0 Å². The van der Waals surface area contributed by atoms with Gasteiger partial charge in [0.2, 0.25) is 5.95 Å². The zero-order valence-electron chi connectivity index (χ0n) is 11.1. The Bertz CT molecular complexity index is 851. The molecule has 0 saturated heterocycles. The fourth-order valence-corrected chi connectivity index (χ4v) is 2.64. The summed E-state index contributed by atoms with van der Waals surface area (Å²) in [5.74, 6) is 0.716. The molecule has 0 aliphatic rings. The van der Waals surface area contributed by atoms with Gasteiger partial charge in [0.1, 0.15) is 0 Å². The predicted octanol–water partition coefficient (Wildman–Crippen LogP) is 3.88. The lowest BCUT2D eigenvalue weighted by atomic mass is 10.2. The summed E-state index contributed by atoms with van der Waals surface area (Å²) in [6.07, 6.45) is 3.71. The second-order valence-electron chi connectivity index (χ2n) is 4.93. The summed E-state index contributed by atoms with van der Waals surface area (Å²) in [7, 11) is 0. The molecular weight excluding hydrogens is 246 g/mol. The molecule has 3 nitrogen and oxygen atoms in total. The highest BCUT2D eigenvalue weighted by atomic mass is 15.1. The average molecular weight is 259 g/mol. The molecule has 4 rings (SSSR count). The molecule has 0 aliphatic heterocycles. The van der Waals surface area contributed by atoms with Crippen LogP contribution in [0.2, 0.25) is 0 Å². The first-order valence-electron chi connectivity index (χ1n) is 6.62. The summed E-state index contributed by atoms with van der Waals surface area (Å²) in [4.78, 5) is 8.95. The summed E-state index contributed by atoms with van der Waals surface area (Å²) in [6, 6.07) is 16.7. The summed E-state index contributed by atoms with van der Waals surface area (Å²) in [5.41, 5.74) is 3.34. The van der Waals surface area contributed by atoms with Crippen molar-refractivity contribution >= 4 is 21.8 Å². The Kier molecular flexibility index (Phi) is 2.33. The molecule has 0 bridgehead atoms. The Morgan fingerprint density at radius 1 is 0.750 bits per heavy atom. The third-order valence-corrected chi connectivity index (χ3v) is 3.55. The van der Waals surface area contributed by atoms with E-state index in [2.05, 4.69) is 50.9 Å². The third-order valence-electron chi connectivity index (χ3n) is 3.55. The second-order valence-corrected chi connectivity index (χ2v) is 4.93. The number of aromatic nitrogens is 3. The highest BCUT2D eigenvalue weighted by molar-refractivity contribution is 6.08. The number of hydrogen-bond donors (Lipinski definition) is 0. The lowest BCUT2D eigenvalue weighted by Crippen LogP contribution is -2.00. The van der Waals surface area contributed by atoms with E-state index in [1.807, 2.05) is 31.5 Å². The molecule has 2 aromatic carbocycles. The van der Waals surface area contributed by atoms with Crippen molar-refractivity contribution in [1.82, 2.24) is 14.5 Å². The van der Waals surface area contributed by atoms with Crippen molar-refractivity contribution < 1.29 is 0 Å². The van der Waals surface area contributed by atoms with E-state index in [-0.39, 0.29) is 0 Å². The molecule has 20 heavy (non-hydrogen) atoms. The molecule has 0 atom stereocenters. The number of nitrogens with zero attached hydrogens (tertiary/aromatic N) is 3. The topological polar surface area (TPSA) is 30.7 Å². The van der Waals surface area contributed by atoms with Gasteiger partial charge in [-0.05, 0) is 24.6 Å². The molecule has 0 fully saturated rings. The van der Waals surface area contributed by atoms with Gasteiger partial charge in [-0.15, -0.1) is 0 Å². The molecule has 0 radical (unpaired) electrons. The van der Waals surface area contributed by atoms with Crippen LogP contribution >= 0.6 is 0 Å². The SMILES string of the molecule is Cc1cnc(-n2c3ccccc3c3ccccc32)nc1. The molecular formula is C17H13N3. The van der Waals surface area contributed by atoms with Crippen molar-refractivity contribution in [2.24, 2.45) is 0 Å². The largest absolute Gasteiger partial charge is 0.278 e. The van der Waals surface area contributed by atoms with Crippen LogP contribution in [0.1, 0.15) is 5.56 Å². The molecule has 0 saturated carbocycles. The van der Waals surface area contributed by atoms with Crippen molar-refractivity contribution in [3.05, 3.63) is 66.5 Å². The summed E-state index contributed by atoms with van der Waals surface area (Å²) in [5, 5.41) is 2.46. The Morgan fingerprint density at radius 2 is 1.25 bits per heavy atom. The second kappa shape index (κ2) is 4.17. The van der Waals surface area contributed by atoms with Crippen LogP contribution in [-0.2, 0) is 0 Å². The number of para-hydroxylation sites is 2. The van der Waals surface area contributed by atoms with Crippen LogP contribution in [0, 0.1) is 6.92 Å². The van der Waals surface area contributed by atoms with Gasteiger partial charge >= 0.3 is 0 Å². The van der Waals surface area contributed by atoms with Gasteiger partial charge in [0, 0.05) is 23.2 Å². The summed E-state index contributed by atoms with van der Waals surface area (Å²) in [6.45, 7) is 2.00. The molecule has 3 heteroatoms. The standard InChI is InChI=1S/C17H13N3/c1-12-10-18-17(19-11-12)20-15-8-4-2-6-13(15)14-7-3-5-9-16(14)20/h2-11H,1H3. The van der Waals surface area contributed by atoms with Crippen molar-refractivity contribution in [3.8, 4) is 5.95 Å². The summed E-state index contributed by atoms with van der Waals surface area (Å²) < 4.78 is 2.12. The van der Waals surface area contributed by atoms with E-state index in [0.717, 1.165) is 16.6 Å². The van der Waals surface area contributed by atoms with Crippen LogP contribution in [0.15, 0.2) is 60.9 Å². The Hall–Kier alpha value is -2.68. The average Bonchev–Trinajstić information content (AvgIpc) is 2.83. The monoisotopic (exact) mass is 259 g/mol. The first kappa shape index (κ1) is 11.2.